The highest BCUT2D eigenvalue weighted by molar-refractivity contribution is 5.71. The molecule has 1 heterocycles. The van der Waals surface area contributed by atoms with Gasteiger partial charge in [0.15, 0.2) is 0 Å². The Balaban J connectivity index is 1.84. The first-order chi connectivity index (χ1) is 12.4. The lowest BCUT2D eigenvalue weighted by Crippen LogP contribution is -2.06. The van der Waals surface area contributed by atoms with Crippen molar-refractivity contribution in [2.24, 2.45) is 0 Å². The van der Waals surface area contributed by atoms with Gasteiger partial charge in [-0.3, -0.25) is 4.98 Å². The topological polar surface area (TPSA) is 12.9 Å². The van der Waals surface area contributed by atoms with E-state index in [1.165, 1.54) is 6.07 Å². The molecule has 0 spiro atoms. The minimum atomic E-state index is -4.57. The van der Waals surface area contributed by atoms with Crippen molar-refractivity contribution < 1.29 is 17.6 Å². The Morgan fingerprint density at radius 3 is 2.38 bits per heavy atom. The molecule has 5 heteroatoms. The van der Waals surface area contributed by atoms with Crippen molar-refractivity contribution in [1.29, 1.82) is 0 Å². The third kappa shape index (κ3) is 2.87. The molecule has 1 aromatic heterocycles. The molecule has 0 N–H and O–H groups in total. The normalized spacial score (nSPS) is 16.5. The van der Waals surface area contributed by atoms with Gasteiger partial charge in [0, 0.05) is 29.4 Å². The summed E-state index contributed by atoms with van der Waals surface area (Å²) in [6.45, 7) is 0. The summed E-state index contributed by atoms with van der Waals surface area (Å²) in [4.78, 5) is 4.18. The molecule has 1 aliphatic rings. The predicted molar refractivity (Wildman–Crippen MR) is 91.2 cm³/mol. The third-order valence-corrected chi connectivity index (χ3v) is 4.91. The van der Waals surface area contributed by atoms with Gasteiger partial charge in [0.25, 0.3) is 0 Å². The standard InChI is InChI=1S/C21H15F4N/c22-19-10-15(21(23,24)25)7-9-17(19)18-12-26-11-14-6-8-16(20(14)18)13-4-2-1-3-5-13/h1-5,7,9-12,16H,6,8H2. The number of aryl methyl sites for hydroxylation is 1. The second-order valence-electron chi connectivity index (χ2n) is 6.45. The van der Waals surface area contributed by atoms with E-state index in [1.807, 2.05) is 30.3 Å². The molecule has 2 aromatic carbocycles. The smallest absolute Gasteiger partial charge is 0.264 e. The fraction of sp³-hybridized carbons (Fsp3) is 0.190. The van der Waals surface area contributed by atoms with Gasteiger partial charge < -0.3 is 0 Å². The fourth-order valence-electron chi connectivity index (χ4n) is 3.71. The van der Waals surface area contributed by atoms with Crippen molar-refractivity contribution >= 4 is 0 Å². The number of alkyl halides is 3. The van der Waals surface area contributed by atoms with Crippen LogP contribution in [0.3, 0.4) is 0 Å². The summed E-state index contributed by atoms with van der Waals surface area (Å²) in [5, 5.41) is 0. The Kier molecular flexibility index (Phi) is 4.02. The van der Waals surface area contributed by atoms with Crippen molar-refractivity contribution in [2.75, 3.05) is 0 Å². The quantitative estimate of drug-likeness (QED) is 0.514. The molecule has 132 valence electrons. The first-order valence-electron chi connectivity index (χ1n) is 8.34. The molecular formula is C21H15F4N. The van der Waals surface area contributed by atoms with Crippen LogP contribution in [-0.4, -0.2) is 4.98 Å². The molecule has 0 bridgehead atoms. The summed E-state index contributed by atoms with van der Waals surface area (Å²) in [5.41, 5.74) is 2.84. The zero-order valence-corrected chi connectivity index (χ0v) is 13.7. The average molecular weight is 357 g/mol. The molecule has 0 aliphatic heterocycles. The summed E-state index contributed by atoms with van der Waals surface area (Å²) < 4.78 is 53.0. The van der Waals surface area contributed by atoms with E-state index >= 15 is 0 Å². The molecule has 1 aliphatic carbocycles. The van der Waals surface area contributed by atoms with Crippen LogP contribution in [0.4, 0.5) is 17.6 Å². The van der Waals surface area contributed by atoms with Crippen LogP contribution in [0, 0.1) is 5.82 Å². The zero-order valence-electron chi connectivity index (χ0n) is 13.7. The van der Waals surface area contributed by atoms with Crippen LogP contribution in [0.1, 0.15) is 34.6 Å². The molecule has 0 radical (unpaired) electrons. The molecular weight excluding hydrogens is 342 g/mol. The van der Waals surface area contributed by atoms with Gasteiger partial charge in [-0.2, -0.15) is 13.2 Å². The van der Waals surface area contributed by atoms with Gasteiger partial charge in [0.05, 0.1) is 5.56 Å². The monoisotopic (exact) mass is 357 g/mol. The number of halogens is 4. The number of aromatic nitrogens is 1. The van der Waals surface area contributed by atoms with E-state index in [0.29, 0.717) is 11.6 Å². The molecule has 0 amide bonds. The Morgan fingerprint density at radius 1 is 0.923 bits per heavy atom. The van der Waals surface area contributed by atoms with Crippen LogP contribution in [0.15, 0.2) is 60.9 Å². The maximum Gasteiger partial charge on any atom is 0.416 e. The van der Waals surface area contributed by atoms with E-state index in [1.54, 1.807) is 12.4 Å². The zero-order chi connectivity index (χ0) is 18.3. The Bertz CT molecular complexity index is 948. The summed E-state index contributed by atoms with van der Waals surface area (Å²) in [6.07, 6.45) is 0.441. The van der Waals surface area contributed by atoms with Gasteiger partial charge in [-0.05, 0) is 41.7 Å². The molecule has 26 heavy (non-hydrogen) atoms. The van der Waals surface area contributed by atoms with Crippen LogP contribution in [0.25, 0.3) is 11.1 Å². The van der Waals surface area contributed by atoms with Crippen molar-refractivity contribution in [2.45, 2.75) is 24.9 Å². The van der Waals surface area contributed by atoms with Gasteiger partial charge in [-0.25, -0.2) is 4.39 Å². The Labute approximate surface area is 148 Å². The number of hydrogen-bond acceptors (Lipinski definition) is 1. The number of hydrogen-bond donors (Lipinski definition) is 0. The number of rotatable bonds is 2. The fourth-order valence-corrected chi connectivity index (χ4v) is 3.71. The third-order valence-electron chi connectivity index (χ3n) is 4.91. The first-order valence-corrected chi connectivity index (χ1v) is 8.34. The molecule has 0 saturated carbocycles. The number of pyridine rings is 1. The summed E-state index contributed by atoms with van der Waals surface area (Å²) in [5.74, 6) is -0.792. The lowest BCUT2D eigenvalue weighted by Gasteiger charge is -2.17. The second kappa shape index (κ2) is 6.24. The minimum absolute atomic E-state index is 0.0888. The summed E-state index contributed by atoms with van der Waals surface area (Å²) >= 11 is 0. The molecule has 1 atom stereocenters. The van der Waals surface area contributed by atoms with E-state index < -0.39 is 17.6 Å². The summed E-state index contributed by atoms with van der Waals surface area (Å²) in [6, 6.07) is 12.6. The van der Waals surface area contributed by atoms with E-state index in [2.05, 4.69) is 4.98 Å². The number of nitrogens with zero attached hydrogens (tertiary/aromatic N) is 1. The minimum Gasteiger partial charge on any atom is -0.264 e. The molecule has 0 fully saturated rings. The molecule has 1 unspecified atom stereocenters. The van der Waals surface area contributed by atoms with Crippen LogP contribution >= 0.6 is 0 Å². The van der Waals surface area contributed by atoms with Crippen LogP contribution in [0.2, 0.25) is 0 Å². The van der Waals surface area contributed by atoms with Gasteiger partial charge in [-0.15, -0.1) is 0 Å². The highest BCUT2D eigenvalue weighted by Crippen LogP contribution is 2.44. The molecule has 1 nitrogen and oxygen atoms in total. The Hall–Kier alpha value is -2.69. The van der Waals surface area contributed by atoms with E-state index in [0.717, 1.165) is 35.6 Å². The van der Waals surface area contributed by atoms with Crippen LogP contribution < -0.4 is 0 Å². The van der Waals surface area contributed by atoms with Gasteiger partial charge >= 0.3 is 6.18 Å². The average Bonchev–Trinajstić information content (AvgIpc) is 3.06. The number of fused-ring (bicyclic) bond motifs is 1. The molecule has 4 rings (SSSR count). The first kappa shape index (κ1) is 16.8. The second-order valence-corrected chi connectivity index (χ2v) is 6.45. The maximum absolute atomic E-state index is 14.5. The lowest BCUT2D eigenvalue weighted by atomic mass is 9.88. The maximum atomic E-state index is 14.5. The van der Waals surface area contributed by atoms with Crippen molar-refractivity contribution in [3.05, 3.63) is 89.0 Å². The van der Waals surface area contributed by atoms with Gasteiger partial charge in [0.2, 0.25) is 0 Å². The van der Waals surface area contributed by atoms with Crippen LogP contribution in [-0.2, 0) is 12.6 Å². The lowest BCUT2D eigenvalue weighted by molar-refractivity contribution is -0.137. The van der Waals surface area contributed by atoms with E-state index in [9.17, 15) is 17.6 Å². The molecule has 0 saturated heterocycles. The number of benzene rings is 2. The molecule has 3 aromatic rings. The SMILES string of the molecule is Fc1cc(C(F)(F)F)ccc1-c1cncc2c1C(c1ccccc1)CC2. The Morgan fingerprint density at radius 2 is 1.69 bits per heavy atom. The largest absolute Gasteiger partial charge is 0.416 e. The summed E-state index contributed by atoms with van der Waals surface area (Å²) in [7, 11) is 0. The van der Waals surface area contributed by atoms with Gasteiger partial charge in [0.1, 0.15) is 5.82 Å². The van der Waals surface area contributed by atoms with Crippen LogP contribution in [0.5, 0.6) is 0 Å². The van der Waals surface area contributed by atoms with E-state index in [-0.39, 0.29) is 11.5 Å². The van der Waals surface area contributed by atoms with Crippen molar-refractivity contribution in [3.8, 4) is 11.1 Å². The van der Waals surface area contributed by atoms with E-state index in [4.69, 9.17) is 0 Å². The van der Waals surface area contributed by atoms with Crippen molar-refractivity contribution in [3.63, 3.8) is 0 Å². The highest BCUT2D eigenvalue weighted by Gasteiger charge is 2.32. The highest BCUT2D eigenvalue weighted by atomic mass is 19.4. The predicted octanol–water partition coefficient (Wildman–Crippen LogP) is 5.98. The van der Waals surface area contributed by atoms with Gasteiger partial charge in [-0.1, -0.05) is 36.4 Å². The van der Waals surface area contributed by atoms with Crippen molar-refractivity contribution in [1.82, 2.24) is 4.98 Å².